The molecule has 0 aromatic heterocycles. The molecule has 0 atom stereocenters. The minimum absolute atomic E-state index is 0.0619. The molecule has 7 heteroatoms. The number of benzene rings is 2. The van der Waals surface area contributed by atoms with E-state index in [1.54, 1.807) is 24.3 Å². The highest BCUT2D eigenvalue weighted by Gasteiger charge is 2.18. The first-order chi connectivity index (χ1) is 11.3. The van der Waals surface area contributed by atoms with Crippen molar-refractivity contribution in [3.8, 4) is 0 Å². The predicted molar refractivity (Wildman–Crippen MR) is 96.4 cm³/mol. The SMILES string of the molecule is CS(=O)(=O)N(CCC(=O)Nc1cccc(Cl)c1)Cc1ccccc1. The first-order valence-corrected chi connectivity index (χ1v) is 9.62. The summed E-state index contributed by atoms with van der Waals surface area (Å²) in [5.74, 6) is -0.265. The van der Waals surface area contributed by atoms with E-state index in [0.29, 0.717) is 10.7 Å². The van der Waals surface area contributed by atoms with E-state index < -0.39 is 10.0 Å². The third-order valence-corrected chi connectivity index (χ3v) is 4.85. The van der Waals surface area contributed by atoms with Crippen LogP contribution in [0.5, 0.6) is 0 Å². The van der Waals surface area contributed by atoms with Crippen molar-refractivity contribution in [3.63, 3.8) is 0 Å². The van der Waals surface area contributed by atoms with Crippen LogP contribution in [0, 0.1) is 0 Å². The maximum atomic E-state index is 12.0. The number of hydrogen-bond acceptors (Lipinski definition) is 3. The molecule has 0 aliphatic carbocycles. The quantitative estimate of drug-likeness (QED) is 0.818. The summed E-state index contributed by atoms with van der Waals surface area (Å²) in [6, 6.07) is 16.1. The van der Waals surface area contributed by atoms with E-state index in [4.69, 9.17) is 11.6 Å². The van der Waals surface area contributed by atoms with Gasteiger partial charge in [-0.3, -0.25) is 4.79 Å². The highest BCUT2D eigenvalue weighted by Crippen LogP contribution is 2.15. The smallest absolute Gasteiger partial charge is 0.225 e. The van der Waals surface area contributed by atoms with Gasteiger partial charge in [0.15, 0.2) is 0 Å². The van der Waals surface area contributed by atoms with E-state index >= 15 is 0 Å². The van der Waals surface area contributed by atoms with Gasteiger partial charge in [0.2, 0.25) is 15.9 Å². The van der Waals surface area contributed by atoms with E-state index in [1.807, 2.05) is 30.3 Å². The lowest BCUT2D eigenvalue weighted by Gasteiger charge is -2.19. The molecule has 0 radical (unpaired) electrons. The Hall–Kier alpha value is -1.89. The van der Waals surface area contributed by atoms with Gasteiger partial charge in [-0.25, -0.2) is 8.42 Å². The van der Waals surface area contributed by atoms with Crippen LogP contribution >= 0.6 is 11.6 Å². The first kappa shape index (κ1) is 18.4. The summed E-state index contributed by atoms with van der Waals surface area (Å²) < 4.78 is 25.1. The summed E-state index contributed by atoms with van der Waals surface area (Å²) in [6.07, 6.45) is 1.21. The van der Waals surface area contributed by atoms with Gasteiger partial charge in [0.1, 0.15) is 0 Å². The Kier molecular flexibility index (Phi) is 6.36. The number of carbonyl (C=O) groups excluding carboxylic acids is 1. The van der Waals surface area contributed by atoms with Crippen LogP contribution in [0.25, 0.3) is 0 Å². The number of halogens is 1. The Bertz CT molecular complexity index is 794. The van der Waals surface area contributed by atoms with Crippen molar-refractivity contribution in [2.75, 3.05) is 18.1 Å². The fraction of sp³-hybridized carbons (Fsp3) is 0.235. The Labute approximate surface area is 147 Å². The van der Waals surface area contributed by atoms with Crippen molar-refractivity contribution in [1.82, 2.24) is 4.31 Å². The molecule has 0 unspecified atom stereocenters. The van der Waals surface area contributed by atoms with Gasteiger partial charge in [0.05, 0.1) is 6.26 Å². The fourth-order valence-corrected chi connectivity index (χ4v) is 3.16. The summed E-state index contributed by atoms with van der Waals surface area (Å²) in [5, 5.41) is 3.23. The summed E-state index contributed by atoms with van der Waals surface area (Å²) in [7, 11) is -3.41. The summed E-state index contributed by atoms with van der Waals surface area (Å²) in [4.78, 5) is 12.0. The largest absolute Gasteiger partial charge is 0.326 e. The van der Waals surface area contributed by atoms with E-state index in [-0.39, 0.29) is 25.4 Å². The molecule has 2 aromatic rings. The number of carbonyl (C=O) groups is 1. The zero-order valence-electron chi connectivity index (χ0n) is 13.3. The maximum Gasteiger partial charge on any atom is 0.225 e. The van der Waals surface area contributed by atoms with Gasteiger partial charge < -0.3 is 5.32 Å². The molecular weight excluding hydrogens is 348 g/mol. The van der Waals surface area contributed by atoms with Crippen LogP contribution in [0.1, 0.15) is 12.0 Å². The Morgan fingerprint density at radius 3 is 2.46 bits per heavy atom. The zero-order chi connectivity index (χ0) is 17.6. The topological polar surface area (TPSA) is 66.5 Å². The molecule has 1 N–H and O–H groups in total. The normalized spacial score (nSPS) is 11.5. The van der Waals surface area contributed by atoms with Crippen molar-refractivity contribution in [1.29, 1.82) is 0 Å². The summed E-state index contributed by atoms with van der Waals surface area (Å²) >= 11 is 5.87. The molecule has 24 heavy (non-hydrogen) atoms. The van der Waals surface area contributed by atoms with Gasteiger partial charge >= 0.3 is 0 Å². The molecular formula is C17H19ClN2O3S. The van der Waals surface area contributed by atoms with E-state index in [9.17, 15) is 13.2 Å². The minimum atomic E-state index is -3.41. The summed E-state index contributed by atoms with van der Waals surface area (Å²) in [6.45, 7) is 0.351. The molecule has 0 fully saturated rings. The van der Waals surface area contributed by atoms with E-state index in [1.165, 1.54) is 4.31 Å². The number of sulfonamides is 1. The second-order valence-electron chi connectivity index (χ2n) is 5.39. The van der Waals surface area contributed by atoms with Gasteiger partial charge in [0.25, 0.3) is 0 Å². The number of nitrogens with one attached hydrogen (secondary N) is 1. The lowest BCUT2D eigenvalue weighted by molar-refractivity contribution is -0.116. The van der Waals surface area contributed by atoms with Crippen LogP contribution in [-0.4, -0.2) is 31.4 Å². The van der Waals surface area contributed by atoms with Crippen LogP contribution in [0.4, 0.5) is 5.69 Å². The van der Waals surface area contributed by atoms with Gasteiger partial charge in [-0.1, -0.05) is 48.0 Å². The second-order valence-corrected chi connectivity index (χ2v) is 7.81. The fourth-order valence-electron chi connectivity index (χ4n) is 2.17. The Morgan fingerprint density at radius 1 is 1.12 bits per heavy atom. The van der Waals surface area contributed by atoms with Crippen LogP contribution in [-0.2, 0) is 21.4 Å². The molecule has 128 valence electrons. The van der Waals surface area contributed by atoms with Crippen molar-refractivity contribution in [2.45, 2.75) is 13.0 Å². The molecule has 0 aliphatic heterocycles. The van der Waals surface area contributed by atoms with Crippen LogP contribution in [0.2, 0.25) is 5.02 Å². The average molecular weight is 367 g/mol. The number of nitrogens with zero attached hydrogens (tertiary/aromatic N) is 1. The molecule has 0 heterocycles. The highest BCUT2D eigenvalue weighted by molar-refractivity contribution is 7.88. The molecule has 2 rings (SSSR count). The maximum absolute atomic E-state index is 12.0. The highest BCUT2D eigenvalue weighted by atomic mass is 35.5. The molecule has 0 aliphatic rings. The monoisotopic (exact) mass is 366 g/mol. The molecule has 0 saturated heterocycles. The zero-order valence-corrected chi connectivity index (χ0v) is 14.8. The molecule has 0 bridgehead atoms. The lowest BCUT2D eigenvalue weighted by atomic mass is 10.2. The summed E-state index contributed by atoms with van der Waals surface area (Å²) in [5.41, 5.74) is 1.46. The molecule has 0 saturated carbocycles. The number of rotatable bonds is 7. The van der Waals surface area contributed by atoms with E-state index in [0.717, 1.165) is 11.8 Å². The van der Waals surface area contributed by atoms with Crippen molar-refractivity contribution >= 4 is 33.2 Å². The molecule has 5 nitrogen and oxygen atoms in total. The van der Waals surface area contributed by atoms with Crippen LogP contribution < -0.4 is 5.32 Å². The van der Waals surface area contributed by atoms with Gasteiger partial charge in [-0.15, -0.1) is 0 Å². The van der Waals surface area contributed by atoms with E-state index in [2.05, 4.69) is 5.32 Å². The minimum Gasteiger partial charge on any atom is -0.326 e. The average Bonchev–Trinajstić information content (AvgIpc) is 2.51. The standard InChI is InChI=1S/C17H19ClN2O3S/c1-24(22,23)20(13-14-6-3-2-4-7-14)11-10-17(21)19-16-9-5-8-15(18)12-16/h2-9,12H,10-11,13H2,1H3,(H,19,21). The first-order valence-electron chi connectivity index (χ1n) is 7.39. The van der Waals surface area contributed by atoms with Gasteiger partial charge in [-0.05, 0) is 23.8 Å². The second kappa shape index (κ2) is 8.28. The van der Waals surface area contributed by atoms with Crippen LogP contribution in [0.3, 0.4) is 0 Å². The molecule has 1 amide bonds. The molecule has 2 aromatic carbocycles. The number of amides is 1. The Morgan fingerprint density at radius 2 is 1.83 bits per heavy atom. The third kappa shape index (κ3) is 5.96. The lowest BCUT2D eigenvalue weighted by Crippen LogP contribution is -2.32. The number of anilines is 1. The van der Waals surface area contributed by atoms with Crippen LogP contribution in [0.15, 0.2) is 54.6 Å². The predicted octanol–water partition coefficient (Wildman–Crippen LogP) is 3.13. The van der Waals surface area contributed by atoms with Crippen molar-refractivity contribution in [2.24, 2.45) is 0 Å². The molecule has 0 spiro atoms. The van der Waals surface area contributed by atoms with Gasteiger partial charge in [-0.2, -0.15) is 4.31 Å². The number of hydrogen-bond donors (Lipinski definition) is 1. The van der Waals surface area contributed by atoms with Crippen molar-refractivity contribution in [3.05, 3.63) is 65.2 Å². The Balaban J connectivity index is 1.96. The third-order valence-electron chi connectivity index (χ3n) is 3.37. The van der Waals surface area contributed by atoms with Gasteiger partial charge in [0, 0.05) is 30.2 Å². The van der Waals surface area contributed by atoms with Crippen molar-refractivity contribution < 1.29 is 13.2 Å².